The maximum Gasteiger partial charge on any atom is 0.223 e. The Morgan fingerprint density at radius 1 is 1.50 bits per heavy atom. The number of hydrogen-bond donors (Lipinski definition) is 1. The van der Waals surface area contributed by atoms with Crippen molar-refractivity contribution in [2.45, 2.75) is 32.7 Å². The van der Waals surface area contributed by atoms with Crippen molar-refractivity contribution in [2.75, 3.05) is 13.6 Å². The molecule has 0 fully saturated rings. The number of likely N-dealkylation sites (N-methyl/N-ethyl adjacent to an activating group) is 1. The van der Waals surface area contributed by atoms with Crippen LogP contribution in [-0.2, 0) is 11.2 Å². The standard InChI is InChI=1S/C14H21BrN2O/c1-10-4-5-13(15)9-12(10)6-7-17(3)14(18)8-11(2)16/h4-5,9,11H,6-8,16H2,1-3H3. The Morgan fingerprint density at radius 2 is 2.17 bits per heavy atom. The second-order valence-electron chi connectivity index (χ2n) is 4.82. The molecule has 0 saturated carbocycles. The van der Waals surface area contributed by atoms with Gasteiger partial charge in [0.2, 0.25) is 5.91 Å². The maximum absolute atomic E-state index is 11.8. The number of hydrogen-bond acceptors (Lipinski definition) is 2. The molecule has 100 valence electrons. The van der Waals surface area contributed by atoms with Crippen LogP contribution in [0.2, 0.25) is 0 Å². The lowest BCUT2D eigenvalue weighted by Crippen LogP contribution is -2.33. The number of nitrogens with zero attached hydrogens (tertiary/aromatic N) is 1. The smallest absolute Gasteiger partial charge is 0.223 e. The fraction of sp³-hybridized carbons (Fsp3) is 0.500. The first-order valence-electron chi connectivity index (χ1n) is 6.14. The second-order valence-corrected chi connectivity index (χ2v) is 5.73. The SMILES string of the molecule is Cc1ccc(Br)cc1CCN(C)C(=O)CC(C)N. The molecule has 1 aromatic rings. The summed E-state index contributed by atoms with van der Waals surface area (Å²) in [6.45, 7) is 4.67. The van der Waals surface area contributed by atoms with Crippen LogP contribution < -0.4 is 5.73 Å². The molecule has 0 aliphatic heterocycles. The third-order valence-corrected chi connectivity index (χ3v) is 3.44. The number of halogens is 1. The van der Waals surface area contributed by atoms with Crippen LogP contribution in [0.4, 0.5) is 0 Å². The van der Waals surface area contributed by atoms with Crippen molar-refractivity contribution < 1.29 is 4.79 Å². The zero-order chi connectivity index (χ0) is 13.7. The van der Waals surface area contributed by atoms with Crippen LogP contribution in [0.1, 0.15) is 24.5 Å². The normalized spacial score (nSPS) is 12.3. The predicted molar refractivity (Wildman–Crippen MR) is 78.5 cm³/mol. The van der Waals surface area contributed by atoms with Gasteiger partial charge in [0.05, 0.1) is 0 Å². The highest BCUT2D eigenvalue weighted by Gasteiger charge is 2.11. The van der Waals surface area contributed by atoms with Crippen molar-refractivity contribution in [3.63, 3.8) is 0 Å². The van der Waals surface area contributed by atoms with Gasteiger partial charge >= 0.3 is 0 Å². The first-order valence-corrected chi connectivity index (χ1v) is 6.94. The third-order valence-electron chi connectivity index (χ3n) is 2.95. The molecule has 0 heterocycles. The highest BCUT2D eigenvalue weighted by Crippen LogP contribution is 2.16. The number of benzene rings is 1. The van der Waals surface area contributed by atoms with Gasteiger partial charge in [-0.3, -0.25) is 4.79 Å². The van der Waals surface area contributed by atoms with Gasteiger partial charge in [0, 0.05) is 30.5 Å². The molecular formula is C14H21BrN2O. The number of carbonyl (C=O) groups is 1. The van der Waals surface area contributed by atoms with Crippen molar-refractivity contribution in [3.8, 4) is 0 Å². The van der Waals surface area contributed by atoms with Gasteiger partial charge in [0.1, 0.15) is 0 Å². The summed E-state index contributed by atoms with van der Waals surface area (Å²) in [5, 5.41) is 0. The summed E-state index contributed by atoms with van der Waals surface area (Å²) in [5.41, 5.74) is 8.15. The molecule has 0 spiro atoms. The van der Waals surface area contributed by atoms with E-state index >= 15 is 0 Å². The van der Waals surface area contributed by atoms with Crippen LogP contribution in [0.25, 0.3) is 0 Å². The Balaban J connectivity index is 2.54. The van der Waals surface area contributed by atoms with E-state index in [9.17, 15) is 4.79 Å². The summed E-state index contributed by atoms with van der Waals surface area (Å²) >= 11 is 3.47. The van der Waals surface area contributed by atoms with Crippen LogP contribution in [0.3, 0.4) is 0 Å². The van der Waals surface area contributed by atoms with Crippen LogP contribution in [0.5, 0.6) is 0 Å². The number of nitrogens with two attached hydrogens (primary N) is 1. The first-order chi connectivity index (χ1) is 8.40. The molecule has 1 rings (SSSR count). The van der Waals surface area contributed by atoms with E-state index in [0.717, 1.165) is 17.4 Å². The van der Waals surface area contributed by atoms with Crippen molar-refractivity contribution >= 4 is 21.8 Å². The Bertz CT molecular complexity index is 418. The van der Waals surface area contributed by atoms with Gasteiger partial charge in [-0.25, -0.2) is 0 Å². The number of rotatable bonds is 5. The molecule has 4 heteroatoms. The minimum absolute atomic E-state index is 0.0763. The summed E-state index contributed by atoms with van der Waals surface area (Å²) in [5.74, 6) is 0.109. The molecule has 2 N–H and O–H groups in total. The van der Waals surface area contributed by atoms with Gasteiger partial charge in [0.15, 0.2) is 0 Å². The predicted octanol–water partition coefficient (Wildman–Crippen LogP) is 2.50. The quantitative estimate of drug-likeness (QED) is 0.908. The van der Waals surface area contributed by atoms with Gasteiger partial charge < -0.3 is 10.6 Å². The van der Waals surface area contributed by atoms with Crippen LogP contribution >= 0.6 is 15.9 Å². The fourth-order valence-corrected chi connectivity index (χ4v) is 2.16. The lowest BCUT2D eigenvalue weighted by Gasteiger charge is -2.19. The van der Waals surface area contributed by atoms with Crippen molar-refractivity contribution in [2.24, 2.45) is 5.73 Å². The van der Waals surface area contributed by atoms with Crippen molar-refractivity contribution in [3.05, 3.63) is 33.8 Å². The first kappa shape index (κ1) is 15.2. The Kier molecular flexibility index (Phi) is 5.82. The van der Waals surface area contributed by atoms with E-state index in [0.29, 0.717) is 6.42 Å². The molecule has 3 nitrogen and oxygen atoms in total. The Labute approximate surface area is 117 Å². The van der Waals surface area contributed by atoms with Gasteiger partial charge in [-0.2, -0.15) is 0 Å². The summed E-state index contributed by atoms with van der Waals surface area (Å²) < 4.78 is 1.08. The van der Waals surface area contributed by atoms with Gasteiger partial charge in [0.25, 0.3) is 0 Å². The van der Waals surface area contributed by atoms with E-state index in [1.807, 2.05) is 20.0 Å². The molecule has 0 radical (unpaired) electrons. The van der Waals surface area contributed by atoms with E-state index in [-0.39, 0.29) is 11.9 Å². The molecule has 0 saturated heterocycles. The minimum Gasteiger partial charge on any atom is -0.345 e. The Morgan fingerprint density at radius 3 is 2.78 bits per heavy atom. The lowest BCUT2D eigenvalue weighted by molar-refractivity contribution is -0.130. The molecule has 1 atom stereocenters. The van der Waals surface area contributed by atoms with Gasteiger partial charge in [-0.05, 0) is 43.5 Å². The highest BCUT2D eigenvalue weighted by atomic mass is 79.9. The molecule has 1 unspecified atom stereocenters. The largest absolute Gasteiger partial charge is 0.345 e. The molecule has 0 aliphatic rings. The van der Waals surface area contributed by atoms with Crippen molar-refractivity contribution in [1.29, 1.82) is 0 Å². The number of carbonyl (C=O) groups excluding carboxylic acids is 1. The summed E-state index contributed by atoms with van der Waals surface area (Å²) in [6, 6.07) is 6.15. The zero-order valence-corrected chi connectivity index (χ0v) is 12.8. The molecule has 0 aromatic heterocycles. The lowest BCUT2D eigenvalue weighted by atomic mass is 10.1. The molecular weight excluding hydrogens is 292 g/mol. The van der Waals surface area contributed by atoms with E-state index in [1.165, 1.54) is 11.1 Å². The van der Waals surface area contributed by atoms with E-state index in [2.05, 4.69) is 35.0 Å². The minimum atomic E-state index is -0.0763. The van der Waals surface area contributed by atoms with E-state index < -0.39 is 0 Å². The monoisotopic (exact) mass is 312 g/mol. The number of aryl methyl sites for hydroxylation is 1. The number of amides is 1. The topological polar surface area (TPSA) is 46.3 Å². The van der Waals surface area contributed by atoms with Gasteiger partial charge in [-0.15, -0.1) is 0 Å². The molecule has 0 aliphatic carbocycles. The van der Waals surface area contributed by atoms with E-state index in [1.54, 1.807) is 4.90 Å². The fourth-order valence-electron chi connectivity index (χ4n) is 1.75. The average Bonchev–Trinajstić information content (AvgIpc) is 2.29. The van der Waals surface area contributed by atoms with Gasteiger partial charge in [-0.1, -0.05) is 22.0 Å². The Hall–Kier alpha value is -0.870. The molecule has 1 aromatic carbocycles. The average molecular weight is 313 g/mol. The zero-order valence-electron chi connectivity index (χ0n) is 11.2. The summed E-state index contributed by atoms with van der Waals surface area (Å²) in [7, 11) is 1.83. The molecule has 1 amide bonds. The van der Waals surface area contributed by atoms with Crippen molar-refractivity contribution in [1.82, 2.24) is 4.90 Å². The summed E-state index contributed by atoms with van der Waals surface area (Å²) in [6.07, 6.45) is 1.28. The molecule has 18 heavy (non-hydrogen) atoms. The summed E-state index contributed by atoms with van der Waals surface area (Å²) in [4.78, 5) is 13.5. The van der Waals surface area contributed by atoms with Crippen LogP contribution in [0.15, 0.2) is 22.7 Å². The molecule has 0 bridgehead atoms. The third kappa shape index (κ3) is 4.78. The highest BCUT2D eigenvalue weighted by molar-refractivity contribution is 9.10. The van der Waals surface area contributed by atoms with Crippen LogP contribution in [0, 0.1) is 6.92 Å². The van der Waals surface area contributed by atoms with E-state index in [4.69, 9.17) is 5.73 Å². The second kappa shape index (κ2) is 6.90. The van der Waals surface area contributed by atoms with Crippen LogP contribution in [-0.4, -0.2) is 30.4 Å². The maximum atomic E-state index is 11.8.